The van der Waals surface area contributed by atoms with Crippen LogP contribution in [-0.4, -0.2) is 55.0 Å². The predicted octanol–water partition coefficient (Wildman–Crippen LogP) is 2.99. The van der Waals surface area contributed by atoms with Gasteiger partial charge >= 0.3 is 0 Å². The van der Waals surface area contributed by atoms with E-state index in [1.807, 2.05) is 11.0 Å². The number of Topliss-reactive ketones (excluding diaryl/α,β-unsaturated/α-hetero) is 1. The second-order valence-corrected chi connectivity index (χ2v) is 10.0. The zero-order chi connectivity index (χ0) is 24.2. The Morgan fingerprint density at radius 1 is 1.26 bits per heavy atom. The number of benzene rings is 1. The van der Waals surface area contributed by atoms with Crippen molar-refractivity contribution in [2.75, 3.05) is 13.1 Å². The number of aromatic nitrogens is 2. The lowest BCUT2D eigenvalue weighted by Gasteiger charge is -2.38. The number of nitrogens with zero attached hydrogens (tertiary/aromatic N) is 3. The molecule has 8 nitrogen and oxygen atoms in total. The number of ketones is 1. The number of nitrogens with one attached hydrogen (secondary N) is 1. The Labute approximate surface area is 201 Å². The van der Waals surface area contributed by atoms with Crippen LogP contribution in [0.3, 0.4) is 0 Å². The van der Waals surface area contributed by atoms with Crippen LogP contribution in [0.15, 0.2) is 42.1 Å². The Bertz CT molecular complexity index is 1110. The van der Waals surface area contributed by atoms with E-state index in [1.165, 1.54) is 29.4 Å². The summed E-state index contributed by atoms with van der Waals surface area (Å²) in [6.45, 7) is 2.34. The molecule has 10 heteroatoms. The maximum atomic E-state index is 14.8. The van der Waals surface area contributed by atoms with Gasteiger partial charge in [-0.05, 0) is 43.0 Å². The molecule has 0 radical (unpaired) electrons. The highest BCUT2D eigenvalue weighted by atomic mass is 32.2. The third-order valence-corrected chi connectivity index (χ3v) is 7.18. The predicted molar refractivity (Wildman–Crippen MR) is 125 cm³/mol. The van der Waals surface area contributed by atoms with Gasteiger partial charge in [-0.1, -0.05) is 30.0 Å². The summed E-state index contributed by atoms with van der Waals surface area (Å²) in [5.41, 5.74) is 3.46. The number of carbonyl (C=O) groups excluding carboxylic acids is 3. The third-order valence-electron chi connectivity index (χ3n) is 6.03. The summed E-state index contributed by atoms with van der Waals surface area (Å²) in [5, 5.41) is 13.0. The van der Waals surface area contributed by atoms with Crippen molar-refractivity contribution in [1.82, 2.24) is 20.2 Å². The molecule has 1 aromatic heterocycles. The maximum Gasteiger partial charge on any atom is 0.265 e. The summed E-state index contributed by atoms with van der Waals surface area (Å²) >= 11 is 1.24. The Kier molecular flexibility index (Phi) is 7.60. The topological polar surface area (TPSA) is 105 Å². The monoisotopic (exact) mass is 486 g/mol. The first kappa shape index (κ1) is 24.3. The van der Waals surface area contributed by atoms with Crippen molar-refractivity contribution in [3.8, 4) is 0 Å². The molecule has 0 spiro atoms. The minimum atomic E-state index is -0.675. The number of carbonyl (C=O) groups is 3. The van der Waals surface area contributed by atoms with Gasteiger partial charge in [-0.15, -0.1) is 0 Å². The molecule has 2 unspecified atom stereocenters. The molecule has 1 aromatic carbocycles. The van der Waals surface area contributed by atoms with Crippen molar-refractivity contribution in [1.29, 1.82) is 0 Å². The fourth-order valence-electron chi connectivity index (χ4n) is 4.31. The SMILES string of the molecule is CC(=O)SC1CCN(C(C(=O)C2CC2)c2ccccc2F)C/C1=C\c1ccn(CC(=O)NO)n1. The Morgan fingerprint density at radius 3 is 2.71 bits per heavy atom. The maximum absolute atomic E-state index is 14.8. The quantitative estimate of drug-likeness (QED) is 0.437. The van der Waals surface area contributed by atoms with E-state index in [-0.39, 0.29) is 28.6 Å². The van der Waals surface area contributed by atoms with Crippen LogP contribution in [0.25, 0.3) is 6.08 Å². The van der Waals surface area contributed by atoms with Crippen LogP contribution in [0.5, 0.6) is 0 Å². The second kappa shape index (κ2) is 10.6. The van der Waals surface area contributed by atoms with Crippen LogP contribution < -0.4 is 5.48 Å². The van der Waals surface area contributed by atoms with Gasteiger partial charge in [0.1, 0.15) is 12.4 Å². The smallest absolute Gasteiger partial charge is 0.265 e. The summed E-state index contributed by atoms with van der Waals surface area (Å²) in [5.74, 6) is -0.980. The fourth-order valence-corrected chi connectivity index (χ4v) is 5.23. The molecule has 1 saturated heterocycles. The molecule has 2 fully saturated rings. The summed E-state index contributed by atoms with van der Waals surface area (Å²) in [4.78, 5) is 38.6. The standard InChI is InChI=1S/C24H27FN4O4S/c1-15(30)34-21-9-10-28(13-17(21)12-18-8-11-29(26-18)14-22(31)27-33)23(24(32)16-6-7-16)19-4-2-3-5-20(19)25/h2-5,8,11-12,16,21,23,33H,6-7,9-10,13-14H2,1H3,(H,27,31)/b17-12+. The summed E-state index contributed by atoms with van der Waals surface area (Å²) < 4.78 is 16.2. The molecule has 1 saturated carbocycles. The molecule has 180 valence electrons. The normalized spacial score (nSPS) is 20.8. The minimum Gasteiger partial charge on any atom is -0.297 e. The highest BCUT2D eigenvalue weighted by Crippen LogP contribution is 2.40. The van der Waals surface area contributed by atoms with Gasteiger partial charge in [-0.2, -0.15) is 5.10 Å². The van der Waals surface area contributed by atoms with Crippen LogP contribution in [0, 0.1) is 11.7 Å². The molecule has 4 rings (SSSR count). The van der Waals surface area contributed by atoms with E-state index in [2.05, 4.69) is 5.10 Å². The lowest BCUT2D eigenvalue weighted by molar-refractivity contribution is -0.130. The number of hydrogen-bond donors (Lipinski definition) is 2. The van der Waals surface area contributed by atoms with Crippen molar-refractivity contribution >= 4 is 34.6 Å². The summed E-state index contributed by atoms with van der Waals surface area (Å²) in [6.07, 6.45) is 5.78. The van der Waals surface area contributed by atoms with E-state index in [9.17, 15) is 18.8 Å². The van der Waals surface area contributed by atoms with E-state index in [0.29, 0.717) is 30.8 Å². The lowest BCUT2D eigenvalue weighted by atomic mass is 9.93. The molecule has 1 aliphatic carbocycles. The first-order valence-electron chi connectivity index (χ1n) is 11.2. The van der Waals surface area contributed by atoms with Crippen LogP contribution in [-0.2, 0) is 20.9 Å². The van der Waals surface area contributed by atoms with Gasteiger partial charge in [-0.25, -0.2) is 9.87 Å². The molecular formula is C24H27FN4O4S. The molecule has 1 amide bonds. The van der Waals surface area contributed by atoms with Gasteiger partial charge in [0.25, 0.3) is 5.91 Å². The average molecular weight is 487 g/mol. The Balaban J connectivity index is 1.63. The van der Waals surface area contributed by atoms with Gasteiger partial charge in [-0.3, -0.25) is 29.2 Å². The van der Waals surface area contributed by atoms with Crippen molar-refractivity contribution in [2.45, 2.75) is 44.0 Å². The number of likely N-dealkylation sites (tertiary alicyclic amines) is 1. The van der Waals surface area contributed by atoms with Crippen LogP contribution in [0.2, 0.25) is 0 Å². The summed E-state index contributed by atoms with van der Waals surface area (Å²) in [6, 6.07) is 7.48. The van der Waals surface area contributed by atoms with Gasteiger partial charge in [0.2, 0.25) is 0 Å². The van der Waals surface area contributed by atoms with Gasteiger partial charge in [0.15, 0.2) is 10.9 Å². The summed E-state index contributed by atoms with van der Waals surface area (Å²) in [7, 11) is 0. The molecule has 1 aliphatic heterocycles. The Morgan fingerprint density at radius 2 is 2.03 bits per heavy atom. The number of halogens is 1. The van der Waals surface area contributed by atoms with Gasteiger partial charge in [0.05, 0.1) is 11.7 Å². The molecule has 2 N–H and O–H groups in total. The number of thioether (sulfide) groups is 1. The highest BCUT2D eigenvalue weighted by Gasteiger charge is 2.41. The van der Waals surface area contributed by atoms with Gasteiger partial charge < -0.3 is 0 Å². The first-order chi connectivity index (χ1) is 16.4. The van der Waals surface area contributed by atoms with Crippen LogP contribution in [0.4, 0.5) is 4.39 Å². The number of rotatable bonds is 8. The van der Waals surface area contributed by atoms with Crippen molar-refractivity contribution in [2.24, 2.45) is 5.92 Å². The first-order valence-corrected chi connectivity index (χ1v) is 12.1. The largest absolute Gasteiger partial charge is 0.297 e. The Hall–Kier alpha value is -2.82. The molecule has 2 aromatic rings. The zero-order valence-electron chi connectivity index (χ0n) is 18.8. The molecule has 0 bridgehead atoms. The molecule has 2 heterocycles. The molecule has 2 atom stereocenters. The van der Waals surface area contributed by atoms with Crippen LogP contribution >= 0.6 is 11.8 Å². The van der Waals surface area contributed by atoms with E-state index in [1.54, 1.807) is 35.9 Å². The number of piperidine rings is 1. The van der Waals surface area contributed by atoms with Gasteiger partial charge in [0, 0.05) is 42.9 Å². The minimum absolute atomic E-state index is 0.00536. The second-order valence-electron chi connectivity index (χ2n) is 8.65. The van der Waals surface area contributed by atoms with Crippen molar-refractivity contribution in [3.63, 3.8) is 0 Å². The molecule has 34 heavy (non-hydrogen) atoms. The zero-order valence-corrected chi connectivity index (χ0v) is 19.6. The molecule has 2 aliphatic rings. The highest BCUT2D eigenvalue weighted by molar-refractivity contribution is 8.14. The lowest BCUT2D eigenvalue weighted by Crippen LogP contribution is -2.43. The third kappa shape index (κ3) is 5.81. The van der Waals surface area contributed by atoms with E-state index in [4.69, 9.17) is 5.21 Å². The van der Waals surface area contributed by atoms with E-state index in [0.717, 1.165) is 18.4 Å². The van der Waals surface area contributed by atoms with Crippen molar-refractivity contribution < 1.29 is 24.0 Å². The number of hydroxylamine groups is 1. The van der Waals surface area contributed by atoms with Crippen molar-refractivity contribution in [3.05, 3.63) is 59.2 Å². The number of hydrogen-bond acceptors (Lipinski definition) is 7. The number of amides is 1. The van der Waals surface area contributed by atoms with E-state index >= 15 is 0 Å². The fraction of sp³-hybridized carbons (Fsp3) is 0.417. The van der Waals surface area contributed by atoms with E-state index < -0.39 is 17.8 Å². The molecular weight excluding hydrogens is 459 g/mol. The van der Waals surface area contributed by atoms with Crippen LogP contribution in [0.1, 0.15) is 43.5 Å². The average Bonchev–Trinajstić information content (AvgIpc) is 3.57.